The van der Waals surface area contributed by atoms with E-state index in [4.69, 9.17) is 11.6 Å². The van der Waals surface area contributed by atoms with Crippen LogP contribution in [0.4, 0.5) is 4.39 Å². The molecule has 1 aliphatic carbocycles. The molecule has 0 bridgehead atoms. The third-order valence-electron chi connectivity index (χ3n) is 2.36. The summed E-state index contributed by atoms with van der Waals surface area (Å²) < 4.78 is 39.2. The van der Waals surface area contributed by atoms with Crippen LogP contribution in [0.1, 0.15) is 23.2 Å². The molecule has 1 aromatic carbocycles. The molecule has 1 aliphatic rings. The van der Waals surface area contributed by atoms with Crippen LogP contribution >= 0.6 is 11.6 Å². The lowest BCUT2D eigenvalue weighted by Gasteiger charge is -2.06. The minimum absolute atomic E-state index is 0.0554. The van der Waals surface area contributed by atoms with Crippen LogP contribution in [0.15, 0.2) is 23.1 Å². The van der Waals surface area contributed by atoms with E-state index >= 15 is 0 Å². The fourth-order valence-electron chi connectivity index (χ4n) is 1.31. The third-order valence-corrected chi connectivity index (χ3v) is 4.08. The summed E-state index contributed by atoms with van der Waals surface area (Å²) in [7, 11) is -3.70. The predicted molar refractivity (Wildman–Crippen MR) is 59.9 cm³/mol. The van der Waals surface area contributed by atoms with Crippen LogP contribution in [0.25, 0.3) is 0 Å². The van der Waals surface area contributed by atoms with Crippen LogP contribution < -0.4 is 4.72 Å². The Morgan fingerprint density at radius 2 is 2.06 bits per heavy atom. The normalized spacial score (nSPS) is 15.9. The SMILES string of the molecule is O=C(Cl)c1cc(S(=O)(=O)NC2CC2)ccc1F. The smallest absolute Gasteiger partial charge is 0.255 e. The van der Waals surface area contributed by atoms with Crippen LogP contribution in [0.2, 0.25) is 0 Å². The molecule has 0 radical (unpaired) electrons. The fraction of sp³-hybridized carbons (Fsp3) is 0.300. The van der Waals surface area contributed by atoms with Crippen LogP contribution in [0, 0.1) is 5.82 Å². The van der Waals surface area contributed by atoms with Crippen molar-refractivity contribution in [3.63, 3.8) is 0 Å². The van der Waals surface area contributed by atoms with Gasteiger partial charge in [-0.25, -0.2) is 17.5 Å². The lowest BCUT2D eigenvalue weighted by atomic mass is 10.2. The number of carbonyl (C=O) groups is 1. The quantitative estimate of drug-likeness (QED) is 0.851. The van der Waals surface area contributed by atoms with Crippen molar-refractivity contribution >= 4 is 26.9 Å². The molecule has 1 N–H and O–H groups in total. The topological polar surface area (TPSA) is 63.2 Å². The predicted octanol–water partition coefficient (Wildman–Crippen LogP) is 1.65. The number of rotatable bonds is 4. The van der Waals surface area contributed by atoms with Crippen molar-refractivity contribution in [2.75, 3.05) is 0 Å². The van der Waals surface area contributed by atoms with Gasteiger partial charge in [-0.2, -0.15) is 0 Å². The van der Waals surface area contributed by atoms with Crippen molar-refractivity contribution in [2.45, 2.75) is 23.8 Å². The van der Waals surface area contributed by atoms with Gasteiger partial charge >= 0.3 is 0 Å². The summed E-state index contributed by atoms with van der Waals surface area (Å²) in [5, 5.41) is -1.02. The van der Waals surface area contributed by atoms with Crippen molar-refractivity contribution < 1.29 is 17.6 Å². The Labute approximate surface area is 103 Å². The minimum Gasteiger partial charge on any atom is -0.275 e. The number of nitrogens with one attached hydrogen (secondary N) is 1. The largest absolute Gasteiger partial charge is 0.275 e. The maximum atomic E-state index is 13.2. The Hall–Kier alpha value is -0.980. The maximum absolute atomic E-state index is 13.2. The second kappa shape index (κ2) is 4.36. The zero-order chi connectivity index (χ0) is 12.6. The Morgan fingerprint density at radius 3 is 2.59 bits per heavy atom. The van der Waals surface area contributed by atoms with Gasteiger partial charge in [0.1, 0.15) is 5.82 Å². The van der Waals surface area contributed by atoms with E-state index < -0.39 is 26.6 Å². The molecular weight excluding hydrogens is 269 g/mol. The molecule has 0 atom stereocenters. The van der Waals surface area contributed by atoms with E-state index in [1.54, 1.807) is 0 Å². The average molecular weight is 278 g/mol. The molecule has 0 aliphatic heterocycles. The highest BCUT2D eigenvalue weighted by Gasteiger charge is 2.28. The molecule has 7 heteroatoms. The Morgan fingerprint density at radius 1 is 1.41 bits per heavy atom. The third kappa shape index (κ3) is 2.83. The summed E-state index contributed by atoms with van der Waals surface area (Å²) in [5.74, 6) is -0.838. The van der Waals surface area contributed by atoms with E-state index in [-0.39, 0.29) is 10.9 Å². The average Bonchev–Trinajstić information content (AvgIpc) is 3.00. The van der Waals surface area contributed by atoms with Crippen molar-refractivity contribution in [2.24, 2.45) is 0 Å². The first kappa shape index (κ1) is 12.5. The van der Waals surface area contributed by atoms with Crippen molar-refractivity contribution in [1.82, 2.24) is 4.72 Å². The molecule has 0 heterocycles. The van der Waals surface area contributed by atoms with E-state index in [1.165, 1.54) is 0 Å². The fourth-order valence-corrected chi connectivity index (χ4v) is 2.79. The van der Waals surface area contributed by atoms with Crippen LogP contribution in [0.3, 0.4) is 0 Å². The summed E-state index contributed by atoms with van der Waals surface area (Å²) >= 11 is 5.15. The first-order valence-electron chi connectivity index (χ1n) is 4.92. The number of carbonyl (C=O) groups excluding carboxylic acids is 1. The summed E-state index contributed by atoms with van der Waals surface area (Å²) in [6.45, 7) is 0. The molecule has 1 aromatic rings. The highest BCUT2D eigenvalue weighted by atomic mass is 35.5. The molecule has 1 fully saturated rings. The highest BCUT2D eigenvalue weighted by molar-refractivity contribution is 7.89. The van der Waals surface area contributed by atoms with E-state index in [2.05, 4.69) is 4.72 Å². The Balaban J connectivity index is 2.38. The number of hydrogen-bond acceptors (Lipinski definition) is 3. The molecule has 4 nitrogen and oxygen atoms in total. The van der Waals surface area contributed by atoms with Crippen molar-refractivity contribution in [3.8, 4) is 0 Å². The number of halogens is 2. The lowest BCUT2D eigenvalue weighted by molar-refractivity contribution is 0.107. The van der Waals surface area contributed by atoms with Gasteiger partial charge in [0.15, 0.2) is 0 Å². The molecule has 17 heavy (non-hydrogen) atoms. The first-order valence-corrected chi connectivity index (χ1v) is 6.78. The lowest BCUT2D eigenvalue weighted by Crippen LogP contribution is -2.25. The number of benzene rings is 1. The summed E-state index contributed by atoms with van der Waals surface area (Å²) in [6.07, 6.45) is 1.59. The summed E-state index contributed by atoms with van der Waals surface area (Å²) in [5.41, 5.74) is -0.440. The zero-order valence-corrected chi connectivity index (χ0v) is 10.2. The molecule has 2 rings (SSSR count). The monoisotopic (exact) mass is 277 g/mol. The summed E-state index contributed by atoms with van der Waals surface area (Å²) in [4.78, 5) is 10.7. The molecule has 1 saturated carbocycles. The van der Waals surface area contributed by atoms with Crippen LogP contribution in [-0.2, 0) is 10.0 Å². The Kier molecular flexibility index (Phi) is 3.20. The van der Waals surface area contributed by atoms with Gasteiger partial charge in [-0.3, -0.25) is 4.79 Å². The van der Waals surface area contributed by atoms with E-state index in [1.807, 2.05) is 0 Å². The van der Waals surface area contributed by atoms with Gasteiger partial charge in [-0.15, -0.1) is 0 Å². The molecule has 92 valence electrons. The highest BCUT2D eigenvalue weighted by Crippen LogP contribution is 2.23. The van der Waals surface area contributed by atoms with Crippen LogP contribution in [-0.4, -0.2) is 19.7 Å². The minimum atomic E-state index is -3.70. The van der Waals surface area contributed by atoms with Crippen molar-refractivity contribution in [3.05, 3.63) is 29.6 Å². The van der Waals surface area contributed by atoms with Gasteiger partial charge in [0.05, 0.1) is 10.5 Å². The van der Waals surface area contributed by atoms with E-state index in [0.717, 1.165) is 31.0 Å². The second-order valence-electron chi connectivity index (χ2n) is 3.81. The standard InChI is InChI=1S/C10H9ClFNO3S/c11-10(14)8-5-7(3-4-9(8)12)17(15,16)13-6-1-2-6/h3-6,13H,1-2H2. The summed E-state index contributed by atoms with van der Waals surface area (Å²) in [6, 6.07) is 2.90. The van der Waals surface area contributed by atoms with Gasteiger partial charge in [-0.05, 0) is 42.6 Å². The first-order chi connectivity index (χ1) is 7.90. The zero-order valence-electron chi connectivity index (χ0n) is 8.61. The molecule has 0 amide bonds. The number of sulfonamides is 1. The molecular formula is C10H9ClFNO3S. The molecule has 0 spiro atoms. The number of hydrogen-bond donors (Lipinski definition) is 1. The molecule has 0 aromatic heterocycles. The van der Waals surface area contributed by atoms with E-state index in [0.29, 0.717) is 0 Å². The van der Waals surface area contributed by atoms with Gasteiger partial charge in [0, 0.05) is 6.04 Å². The second-order valence-corrected chi connectivity index (χ2v) is 5.87. The molecule has 0 saturated heterocycles. The Bertz CT molecular complexity index is 569. The molecule has 0 unspecified atom stereocenters. The van der Waals surface area contributed by atoms with Gasteiger partial charge in [-0.1, -0.05) is 0 Å². The van der Waals surface area contributed by atoms with Crippen LogP contribution in [0.5, 0.6) is 0 Å². The van der Waals surface area contributed by atoms with Gasteiger partial charge < -0.3 is 0 Å². The maximum Gasteiger partial charge on any atom is 0.255 e. The van der Waals surface area contributed by atoms with Gasteiger partial charge in [0.25, 0.3) is 5.24 Å². The van der Waals surface area contributed by atoms with E-state index in [9.17, 15) is 17.6 Å². The van der Waals surface area contributed by atoms with Crippen molar-refractivity contribution in [1.29, 1.82) is 0 Å². The van der Waals surface area contributed by atoms with Gasteiger partial charge in [0.2, 0.25) is 10.0 Å².